The number of hydrogen-bond acceptors (Lipinski definition) is 3. The molecule has 0 unspecified atom stereocenters. The lowest BCUT2D eigenvalue weighted by Crippen LogP contribution is -2.34. The zero-order chi connectivity index (χ0) is 16.9. The number of nitrogens with one attached hydrogen (secondary N) is 1. The lowest BCUT2D eigenvalue weighted by molar-refractivity contribution is -0.142. The highest BCUT2D eigenvalue weighted by molar-refractivity contribution is 5.82. The minimum Gasteiger partial charge on any atom is -0.481 e. The molecule has 0 radical (unpaired) electrons. The highest BCUT2D eigenvalue weighted by atomic mass is 16.4. The maximum atomic E-state index is 11.1. The summed E-state index contributed by atoms with van der Waals surface area (Å²) in [6.45, 7) is 3.00. The topological polar surface area (TPSA) is 62.5 Å². The summed E-state index contributed by atoms with van der Waals surface area (Å²) < 4.78 is 6.07. The minimum atomic E-state index is -0.642. The number of para-hydroxylation sites is 1. The van der Waals surface area contributed by atoms with Gasteiger partial charge in [0.25, 0.3) is 0 Å². The van der Waals surface area contributed by atoms with Gasteiger partial charge in [-0.25, -0.2) is 0 Å². The molecule has 4 nitrogen and oxygen atoms in total. The first kappa shape index (κ1) is 17.0. The van der Waals surface area contributed by atoms with Crippen LogP contribution in [0.4, 0.5) is 0 Å². The molecule has 2 aromatic rings. The van der Waals surface area contributed by atoms with Gasteiger partial charge in [0.05, 0.1) is 5.92 Å². The summed E-state index contributed by atoms with van der Waals surface area (Å²) >= 11 is 0. The molecule has 130 valence electrons. The quantitative estimate of drug-likeness (QED) is 0.784. The molecule has 24 heavy (non-hydrogen) atoms. The summed E-state index contributed by atoms with van der Waals surface area (Å²) in [6.07, 6.45) is 6.71. The van der Waals surface area contributed by atoms with Gasteiger partial charge in [-0.05, 0) is 38.2 Å². The van der Waals surface area contributed by atoms with E-state index in [1.807, 2.05) is 12.1 Å². The van der Waals surface area contributed by atoms with Gasteiger partial charge in [0.2, 0.25) is 0 Å². The van der Waals surface area contributed by atoms with E-state index in [-0.39, 0.29) is 5.92 Å². The van der Waals surface area contributed by atoms with E-state index in [4.69, 9.17) is 9.52 Å². The first-order valence-electron chi connectivity index (χ1n) is 9.14. The van der Waals surface area contributed by atoms with Crippen molar-refractivity contribution < 1.29 is 14.3 Å². The number of furan rings is 1. The fourth-order valence-corrected chi connectivity index (χ4v) is 3.67. The SMILES string of the molecule is CCCCc1oc2ccccc2c1CNC1CCC(C(=O)O)CC1. The molecule has 1 aliphatic rings. The highest BCUT2D eigenvalue weighted by Crippen LogP contribution is 2.29. The number of hydrogen-bond donors (Lipinski definition) is 2. The number of aryl methyl sites for hydroxylation is 1. The van der Waals surface area contributed by atoms with Crippen molar-refractivity contribution in [3.05, 3.63) is 35.6 Å². The Labute approximate surface area is 143 Å². The molecule has 1 saturated carbocycles. The Morgan fingerprint density at radius 3 is 2.71 bits per heavy atom. The summed E-state index contributed by atoms with van der Waals surface area (Å²) in [5.74, 6) is 0.304. The molecule has 0 aliphatic heterocycles. The van der Waals surface area contributed by atoms with Gasteiger partial charge in [0.15, 0.2) is 0 Å². The van der Waals surface area contributed by atoms with Crippen LogP contribution in [0.15, 0.2) is 28.7 Å². The van der Waals surface area contributed by atoms with Crippen molar-refractivity contribution in [3.8, 4) is 0 Å². The van der Waals surface area contributed by atoms with Crippen LogP contribution >= 0.6 is 0 Å². The maximum absolute atomic E-state index is 11.1. The maximum Gasteiger partial charge on any atom is 0.306 e. The van der Waals surface area contributed by atoms with Crippen LogP contribution in [-0.4, -0.2) is 17.1 Å². The fraction of sp³-hybridized carbons (Fsp3) is 0.550. The molecule has 1 aliphatic carbocycles. The first-order chi connectivity index (χ1) is 11.7. The van der Waals surface area contributed by atoms with Gasteiger partial charge in [0.1, 0.15) is 11.3 Å². The molecule has 0 spiro atoms. The lowest BCUT2D eigenvalue weighted by Gasteiger charge is -2.27. The van der Waals surface area contributed by atoms with E-state index in [1.54, 1.807) is 0 Å². The molecule has 4 heteroatoms. The third-order valence-corrected chi connectivity index (χ3v) is 5.18. The number of fused-ring (bicyclic) bond motifs is 1. The summed E-state index contributed by atoms with van der Waals surface area (Å²) in [7, 11) is 0. The standard InChI is InChI=1S/C20H27NO3/c1-2-3-7-19-17(16-6-4-5-8-18(16)24-19)13-21-15-11-9-14(10-12-15)20(22)23/h4-6,8,14-15,21H,2-3,7,9-13H2,1H3,(H,22,23). The van der Waals surface area contributed by atoms with Crippen LogP contribution in [0.2, 0.25) is 0 Å². The largest absolute Gasteiger partial charge is 0.481 e. The number of carboxylic acid groups (broad SMARTS) is 1. The summed E-state index contributed by atoms with van der Waals surface area (Å²) in [5, 5.41) is 14.0. The van der Waals surface area contributed by atoms with E-state index in [2.05, 4.69) is 24.4 Å². The Morgan fingerprint density at radius 1 is 1.25 bits per heavy atom. The minimum absolute atomic E-state index is 0.155. The Hall–Kier alpha value is -1.81. The summed E-state index contributed by atoms with van der Waals surface area (Å²) in [6, 6.07) is 8.65. The van der Waals surface area contributed by atoms with E-state index < -0.39 is 5.97 Å². The molecule has 0 atom stereocenters. The van der Waals surface area contributed by atoms with E-state index in [0.29, 0.717) is 6.04 Å². The normalized spacial score (nSPS) is 21.2. The zero-order valence-electron chi connectivity index (χ0n) is 14.4. The van der Waals surface area contributed by atoms with Crippen molar-refractivity contribution in [1.29, 1.82) is 0 Å². The number of carboxylic acids is 1. The van der Waals surface area contributed by atoms with Gasteiger partial charge >= 0.3 is 5.97 Å². The number of benzene rings is 1. The Balaban J connectivity index is 1.67. The van der Waals surface area contributed by atoms with Crippen LogP contribution < -0.4 is 5.32 Å². The van der Waals surface area contributed by atoms with Crippen molar-refractivity contribution >= 4 is 16.9 Å². The third-order valence-electron chi connectivity index (χ3n) is 5.18. The van der Waals surface area contributed by atoms with E-state index in [1.165, 1.54) is 10.9 Å². The smallest absolute Gasteiger partial charge is 0.306 e. The molecule has 2 N–H and O–H groups in total. The van der Waals surface area contributed by atoms with Crippen molar-refractivity contribution in [1.82, 2.24) is 5.32 Å². The molecule has 1 fully saturated rings. The predicted molar refractivity (Wildman–Crippen MR) is 95.0 cm³/mol. The van der Waals surface area contributed by atoms with Crippen LogP contribution in [0.1, 0.15) is 56.8 Å². The van der Waals surface area contributed by atoms with Gasteiger partial charge in [0, 0.05) is 30.0 Å². The molecule has 0 saturated heterocycles. The molecule has 1 aromatic carbocycles. The molecule has 1 heterocycles. The summed E-state index contributed by atoms with van der Waals surface area (Å²) in [5.41, 5.74) is 2.24. The van der Waals surface area contributed by atoms with Crippen molar-refractivity contribution in [3.63, 3.8) is 0 Å². The lowest BCUT2D eigenvalue weighted by atomic mass is 9.86. The number of aliphatic carboxylic acids is 1. The molecular formula is C20H27NO3. The Bertz CT molecular complexity index is 683. The average Bonchev–Trinajstić information content (AvgIpc) is 2.96. The first-order valence-corrected chi connectivity index (χ1v) is 9.14. The molecular weight excluding hydrogens is 302 g/mol. The van der Waals surface area contributed by atoms with Crippen LogP contribution in [0.5, 0.6) is 0 Å². The molecule has 1 aromatic heterocycles. The average molecular weight is 329 g/mol. The predicted octanol–water partition coefficient (Wildman–Crippen LogP) is 4.51. The van der Waals surface area contributed by atoms with Crippen LogP contribution in [0, 0.1) is 5.92 Å². The monoisotopic (exact) mass is 329 g/mol. The molecule has 3 rings (SSSR count). The van der Waals surface area contributed by atoms with Gasteiger partial charge in [-0.3, -0.25) is 4.79 Å². The Morgan fingerprint density at radius 2 is 2.00 bits per heavy atom. The van der Waals surface area contributed by atoms with E-state index >= 15 is 0 Å². The zero-order valence-corrected chi connectivity index (χ0v) is 14.4. The van der Waals surface area contributed by atoms with Crippen LogP contribution in [0.25, 0.3) is 11.0 Å². The third kappa shape index (κ3) is 3.81. The fourth-order valence-electron chi connectivity index (χ4n) is 3.67. The van der Waals surface area contributed by atoms with Crippen molar-refractivity contribution in [2.24, 2.45) is 5.92 Å². The number of rotatable bonds is 7. The highest BCUT2D eigenvalue weighted by Gasteiger charge is 2.26. The van der Waals surface area contributed by atoms with Crippen molar-refractivity contribution in [2.45, 2.75) is 64.5 Å². The van der Waals surface area contributed by atoms with Gasteiger partial charge in [-0.15, -0.1) is 0 Å². The van der Waals surface area contributed by atoms with Gasteiger partial charge in [-0.1, -0.05) is 31.5 Å². The number of carbonyl (C=O) groups is 1. The molecule has 0 amide bonds. The van der Waals surface area contributed by atoms with Gasteiger partial charge < -0.3 is 14.8 Å². The van der Waals surface area contributed by atoms with Crippen molar-refractivity contribution in [2.75, 3.05) is 0 Å². The van der Waals surface area contributed by atoms with Crippen LogP contribution in [0.3, 0.4) is 0 Å². The van der Waals surface area contributed by atoms with E-state index in [0.717, 1.165) is 62.8 Å². The number of unbranched alkanes of at least 4 members (excludes halogenated alkanes) is 1. The second-order valence-corrected chi connectivity index (χ2v) is 6.87. The second kappa shape index (κ2) is 7.84. The Kier molecular flexibility index (Phi) is 5.56. The second-order valence-electron chi connectivity index (χ2n) is 6.87. The van der Waals surface area contributed by atoms with Gasteiger partial charge in [-0.2, -0.15) is 0 Å². The van der Waals surface area contributed by atoms with E-state index in [9.17, 15) is 4.79 Å². The van der Waals surface area contributed by atoms with Crippen LogP contribution in [-0.2, 0) is 17.8 Å². The summed E-state index contributed by atoms with van der Waals surface area (Å²) in [4.78, 5) is 11.1. The molecule has 0 bridgehead atoms.